The number of nitrogens with zero attached hydrogens (tertiary/aromatic N) is 2. The van der Waals surface area contributed by atoms with Crippen LogP contribution in [0, 0.1) is 0 Å². The number of aromatic nitrogens is 2. The molecule has 3 aromatic rings. The summed E-state index contributed by atoms with van der Waals surface area (Å²) in [5.74, 6) is 0.716. The molecule has 0 aliphatic carbocycles. The van der Waals surface area contributed by atoms with Gasteiger partial charge in [0, 0.05) is 17.1 Å². The van der Waals surface area contributed by atoms with Crippen molar-refractivity contribution >= 4 is 33.2 Å². The lowest BCUT2D eigenvalue weighted by Crippen LogP contribution is -1.87. The van der Waals surface area contributed by atoms with Crippen LogP contribution in [0.4, 0.5) is 0 Å². The Kier molecular flexibility index (Phi) is 2.35. The molecule has 0 fully saturated rings. The van der Waals surface area contributed by atoms with Gasteiger partial charge in [-0.3, -0.25) is 0 Å². The minimum absolute atomic E-state index is 0.694. The van der Waals surface area contributed by atoms with Crippen molar-refractivity contribution in [1.82, 2.24) is 9.97 Å². The predicted octanol–water partition coefficient (Wildman–Crippen LogP) is 4.01. The molecule has 0 bridgehead atoms. The summed E-state index contributed by atoms with van der Waals surface area (Å²) in [5.41, 5.74) is 1.84. The quantitative estimate of drug-likeness (QED) is 0.648. The summed E-state index contributed by atoms with van der Waals surface area (Å²) in [6.07, 6.45) is 1.82. The second-order valence-electron chi connectivity index (χ2n) is 3.36. The Hall–Kier alpha value is -1.45. The summed E-state index contributed by atoms with van der Waals surface area (Å²) in [7, 11) is 0. The van der Waals surface area contributed by atoms with Crippen molar-refractivity contribution in [3.63, 3.8) is 0 Å². The van der Waals surface area contributed by atoms with E-state index in [1.165, 1.54) is 0 Å². The van der Waals surface area contributed by atoms with Crippen molar-refractivity contribution in [3.8, 4) is 11.4 Å². The van der Waals surface area contributed by atoms with Gasteiger partial charge >= 0.3 is 0 Å². The first-order valence-corrected chi connectivity index (χ1v) is 6.05. The van der Waals surface area contributed by atoms with Gasteiger partial charge in [-0.2, -0.15) is 0 Å². The average Bonchev–Trinajstić information content (AvgIpc) is 2.72. The van der Waals surface area contributed by atoms with E-state index in [0.29, 0.717) is 10.8 Å². The van der Waals surface area contributed by atoms with Gasteiger partial charge in [0.15, 0.2) is 5.82 Å². The standard InChI is InChI=1S/C12H7ClN2S/c13-9-7-16-10-6-14-12(15-11(9)10)8-4-2-1-3-5-8/h1-7H. The molecular weight excluding hydrogens is 240 g/mol. The molecule has 0 spiro atoms. The first-order valence-electron chi connectivity index (χ1n) is 4.80. The van der Waals surface area contributed by atoms with Crippen molar-refractivity contribution < 1.29 is 0 Å². The third kappa shape index (κ3) is 1.58. The summed E-state index contributed by atoms with van der Waals surface area (Å²) < 4.78 is 1.02. The topological polar surface area (TPSA) is 25.8 Å². The van der Waals surface area contributed by atoms with E-state index in [1.807, 2.05) is 41.9 Å². The van der Waals surface area contributed by atoms with Gasteiger partial charge in [-0.1, -0.05) is 41.9 Å². The Bertz CT molecular complexity index is 634. The van der Waals surface area contributed by atoms with Crippen LogP contribution < -0.4 is 0 Å². The van der Waals surface area contributed by atoms with Crippen LogP contribution >= 0.6 is 22.9 Å². The zero-order valence-corrected chi connectivity index (χ0v) is 9.79. The van der Waals surface area contributed by atoms with E-state index in [0.717, 1.165) is 15.8 Å². The van der Waals surface area contributed by atoms with Crippen LogP contribution in [0.25, 0.3) is 21.6 Å². The monoisotopic (exact) mass is 246 g/mol. The highest BCUT2D eigenvalue weighted by Crippen LogP contribution is 2.29. The van der Waals surface area contributed by atoms with Gasteiger partial charge in [0.05, 0.1) is 9.72 Å². The maximum atomic E-state index is 6.05. The smallest absolute Gasteiger partial charge is 0.159 e. The fourth-order valence-electron chi connectivity index (χ4n) is 1.53. The third-order valence-electron chi connectivity index (χ3n) is 2.30. The van der Waals surface area contributed by atoms with E-state index in [1.54, 1.807) is 11.3 Å². The molecule has 0 amide bonds. The number of hydrogen-bond donors (Lipinski definition) is 0. The molecule has 0 atom stereocenters. The van der Waals surface area contributed by atoms with Gasteiger partial charge in [0.2, 0.25) is 0 Å². The van der Waals surface area contributed by atoms with Crippen LogP contribution in [-0.2, 0) is 0 Å². The van der Waals surface area contributed by atoms with Gasteiger partial charge < -0.3 is 0 Å². The fourth-order valence-corrected chi connectivity index (χ4v) is 2.58. The molecule has 0 saturated carbocycles. The van der Waals surface area contributed by atoms with E-state index in [-0.39, 0.29) is 0 Å². The molecule has 0 saturated heterocycles. The van der Waals surface area contributed by atoms with Crippen molar-refractivity contribution in [3.05, 3.63) is 46.9 Å². The molecular formula is C12H7ClN2S. The maximum absolute atomic E-state index is 6.05. The van der Waals surface area contributed by atoms with Crippen molar-refractivity contribution in [2.75, 3.05) is 0 Å². The Morgan fingerprint density at radius 1 is 1.12 bits per heavy atom. The number of rotatable bonds is 1. The van der Waals surface area contributed by atoms with Crippen molar-refractivity contribution in [2.45, 2.75) is 0 Å². The third-order valence-corrected chi connectivity index (χ3v) is 3.63. The van der Waals surface area contributed by atoms with Gasteiger partial charge in [0.1, 0.15) is 5.52 Å². The molecule has 0 radical (unpaired) electrons. The molecule has 16 heavy (non-hydrogen) atoms. The fraction of sp³-hybridized carbons (Fsp3) is 0. The molecule has 2 nitrogen and oxygen atoms in total. The molecule has 0 aliphatic rings. The van der Waals surface area contributed by atoms with Gasteiger partial charge in [-0.15, -0.1) is 11.3 Å². The van der Waals surface area contributed by atoms with Crippen LogP contribution in [0.1, 0.15) is 0 Å². The van der Waals surface area contributed by atoms with E-state index in [2.05, 4.69) is 9.97 Å². The average molecular weight is 247 g/mol. The Labute approximate surface area is 102 Å². The normalized spacial score (nSPS) is 10.8. The van der Waals surface area contributed by atoms with Gasteiger partial charge in [-0.25, -0.2) is 9.97 Å². The molecule has 0 unspecified atom stereocenters. The van der Waals surface area contributed by atoms with Crippen LogP contribution in [0.3, 0.4) is 0 Å². The lowest BCUT2D eigenvalue weighted by Gasteiger charge is -1.99. The minimum Gasteiger partial charge on any atom is -0.235 e. The van der Waals surface area contributed by atoms with Crippen molar-refractivity contribution in [1.29, 1.82) is 0 Å². The molecule has 0 N–H and O–H groups in total. The summed E-state index contributed by atoms with van der Waals surface area (Å²) in [4.78, 5) is 8.80. The summed E-state index contributed by atoms with van der Waals surface area (Å²) in [6, 6.07) is 9.89. The van der Waals surface area contributed by atoms with Gasteiger partial charge in [-0.05, 0) is 0 Å². The summed E-state index contributed by atoms with van der Waals surface area (Å²) in [6.45, 7) is 0. The molecule has 1 aromatic carbocycles. The zero-order chi connectivity index (χ0) is 11.0. The highest BCUT2D eigenvalue weighted by atomic mass is 35.5. The van der Waals surface area contributed by atoms with Crippen LogP contribution in [0.15, 0.2) is 41.9 Å². The molecule has 3 rings (SSSR count). The zero-order valence-electron chi connectivity index (χ0n) is 8.22. The van der Waals surface area contributed by atoms with Crippen molar-refractivity contribution in [2.24, 2.45) is 0 Å². The summed E-state index contributed by atoms with van der Waals surface area (Å²) >= 11 is 7.61. The van der Waals surface area contributed by atoms with Gasteiger partial charge in [0.25, 0.3) is 0 Å². The largest absolute Gasteiger partial charge is 0.235 e. The Morgan fingerprint density at radius 3 is 2.75 bits per heavy atom. The molecule has 2 aromatic heterocycles. The minimum atomic E-state index is 0.694. The second kappa shape index (κ2) is 3.85. The SMILES string of the molecule is Clc1csc2cnc(-c3ccccc3)nc12. The number of halogens is 1. The summed E-state index contributed by atoms with van der Waals surface area (Å²) in [5, 5.41) is 2.58. The highest BCUT2D eigenvalue weighted by molar-refractivity contribution is 7.17. The lowest BCUT2D eigenvalue weighted by molar-refractivity contribution is 1.23. The van der Waals surface area contributed by atoms with E-state index < -0.39 is 0 Å². The molecule has 2 heterocycles. The van der Waals surface area contributed by atoms with E-state index >= 15 is 0 Å². The first kappa shape index (κ1) is 9.75. The highest BCUT2D eigenvalue weighted by Gasteiger charge is 2.06. The molecule has 0 aliphatic heterocycles. The number of fused-ring (bicyclic) bond motifs is 1. The Balaban J connectivity index is 2.22. The maximum Gasteiger partial charge on any atom is 0.159 e. The van der Waals surface area contributed by atoms with E-state index in [9.17, 15) is 0 Å². The second-order valence-corrected chi connectivity index (χ2v) is 4.67. The van der Waals surface area contributed by atoms with Crippen LogP contribution in [0.5, 0.6) is 0 Å². The predicted molar refractivity (Wildman–Crippen MR) is 67.9 cm³/mol. The van der Waals surface area contributed by atoms with Crippen LogP contribution in [-0.4, -0.2) is 9.97 Å². The molecule has 4 heteroatoms. The number of hydrogen-bond acceptors (Lipinski definition) is 3. The first-order chi connectivity index (χ1) is 7.84. The number of benzene rings is 1. The molecule has 78 valence electrons. The van der Waals surface area contributed by atoms with Crippen LogP contribution in [0.2, 0.25) is 5.02 Å². The number of thiophene rings is 1. The van der Waals surface area contributed by atoms with E-state index in [4.69, 9.17) is 11.6 Å². The lowest BCUT2D eigenvalue weighted by atomic mass is 10.2. The Morgan fingerprint density at radius 2 is 1.94 bits per heavy atom.